The summed E-state index contributed by atoms with van der Waals surface area (Å²) in [5, 5.41) is 17.6. The van der Waals surface area contributed by atoms with Crippen molar-refractivity contribution in [2.45, 2.75) is 39.1 Å². The van der Waals surface area contributed by atoms with Gasteiger partial charge in [0.1, 0.15) is 0 Å². The van der Waals surface area contributed by atoms with E-state index < -0.39 is 18.2 Å². The molecule has 1 atom stereocenters. The highest BCUT2D eigenvalue weighted by Gasteiger charge is 2.25. The summed E-state index contributed by atoms with van der Waals surface area (Å²) in [6, 6.07) is 0. The van der Waals surface area contributed by atoms with E-state index in [0.717, 1.165) is 0 Å². The van der Waals surface area contributed by atoms with Gasteiger partial charge in [0.05, 0.1) is 12.5 Å². The van der Waals surface area contributed by atoms with Gasteiger partial charge in [0.2, 0.25) is 0 Å². The van der Waals surface area contributed by atoms with Crippen molar-refractivity contribution in [1.29, 1.82) is 0 Å². The van der Waals surface area contributed by atoms with Crippen LogP contribution >= 0.6 is 0 Å². The van der Waals surface area contributed by atoms with Crippen LogP contribution in [0.25, 0.3) is 0 Å². The molecule has 0 rings (SSSR count). The fraction of sp³-hybridized carbons (Fsp3) is 0.857. The third-order valence-electron chi connectivity index (χ3n) is 0.969. The minimum Gasteiger partial charge on any atom is -0.481 e. The van der Waals surface area contributed by atoms with E-state index in [4.69, 9.17) is 9.84 Å². The number of rotatable bonds is 4. The highest BCUT2D eigenvalue weighted by Crippen LogP contribution is 2.13. The van der Waals surface area contributed by atoms with Gasteiger partial charge in [-0.3, -0.25) is 4.79 Å². The average molecular weight is 162 g/mol. The second kappa shape index (κ2) is 3.69. The van der Waals surface area contributed by atoms with Crippen molar-refractivity contribution in [2.24, 2.45) is 0 Å². The molecular formula is C7H14O4. The predicted octanol–water partition coefficient (Wildman–Crippen LogP) is 0.595. The van der Waals surface area contributed by atoms with Crippen molar-refractivity contribution in [3.63, 3.8) is 0 Å². The molecule has 11 heavy (non-hydrogen) atoms. The van der Waals surface area contributed by atoms with E-state index in [-0.39, 0.29) is 6.10 Å². The Morgan fingerprint density at radius 3 is 2.36 bits per heavy atom. The largest absolute Gasteiger partial charge is 0.481 e. The Bertz CT molecular complexity index is 139. The van der Waals surface area contributed by atoms with Crippen LogP contribution in [0.4, 0.5) is 0 Å². The van der Waals surface area contributed by atoms with E-state index >= 15 is 0 Å². The molecule has 0 aromatic heterocycles. The lowest BCUT2D eigenvalue weighted by Gasteiger charge is -2.24. The summed E-state index contributed by atoms with van der Waals surface area (Å²) < 4.78 is 4.92. The van der Waals surface area contributed by atoms with Crippen molar-refractivity contribution in [1.82, 2.24) is 0 Å². The van der Waals surface area contributed by atoms with Crippen LogP contribution in [0.15, 0.2) is 0 Å². The maximum absolute atomic E-state index is 10.2. The van der Waals surface area contributed by atoms with Crippen LogP contribution in [0, 0.1) is 0 Å². The second-order valence-electron chi connectivity index (χ2n) is 2.91. The molecule has 66 valence electrons. The zero-order chi connectivity index (χ0) is 9.07. The van der Waals surface area contributed by atoms with E-state index in [2.05, 4.69) is 0 Å². The van der Waals surface area contributed by atoms with Gasteiger partial charge in [-0.1, -0.05) is 0 Å². The molecule has 0 spiro atoms. The smallest absolute Gasteiger partial charge is 0.308 e. The number of aliphatic hydroxyl groups is 1. The highest BCUT2D eigenvalue weighted by molar-refractivity contribution is 5.67. The predicted molar refractivity (Wildman–Crippen MR) is 39.1 cm³/mol. The van der Waals surface area contributed by atoms with Crippen molar-refractivity contribution in [3.05, 3.63) is 0 Å². The molecule has 0 aliphatic rings. The molecule has 1 unspecified atom stereocenters. The fourth-order valence-electron chi connectivity index (χ4n) is 0.830. The Morgan fingerprint density at radius 1 is 1.64 bits per heavy atom. The number of hydrogen-bond acceptors (Lipinski definition) is 3. The Balaban J connectivity index is 3.89. The molecule has 0 saturated heterocycles. The number of ether oxygens (including phenoxy) is 1. The zero-order valence-electron chi connectivity index (χ0n) is 7.00. The summed E-state index contributed by atoms with van der Waals surface area (Å²) in [6.45, 7) is 4.80. The number of hydrogen-bond donors (Lipinski definition) is 2. The molecule has 0 amide bonds. The van der Waals surface area contributed by atoms with Crippen LogP contribution in [-0.4, -0.2) is 28.1 Å². The topological polar surface area (TPSA) is 66.8 Å². The van der Waals surface area contributed by atoms with Gasteiger partial charge in [0.25, 0.3) is 0 Å². The summed E-state index contributed by atoms with van der Waals surface area (Å²) in [4.78, 5) is 10.2. The van der Waals surface area contributed by atoms with Crippen molar-refractivity contribution in [2.75, 3.05) is 0 Å². The molecule has 4 heteroatoms. The molecule has 0 saturated carbocycles. The van der Waals surface area contributed by atoms with Crippen molar-refractivity contribution < 1.29 is 19.7 Å². The van der Waals surface area contributed by atoms with Gasteiger partial charge in [-0.05, 0) is 20.8 Å². The first-order valence-electron chi connectivity index (χ1n) is 3.45. The maximum Gasteiger partial charge on any atom is 0.308 e. The standard InChI is InChI=1S/C7H14O4/c1-5(2)11-7(3,10)4-6(8)9/h5,10H,4H2,1-3H3,(H,8,9). The van der Waals surface area contributed by atoms with Gasteiger partial charge < -0.3 is 14.9 Å². The number of carboxylic acid groups (broad SMARTS) is 1. The third-order valence-corrected chi connectivity index (χ3v) is 0.969. The minimum atomic E-state index is -1.56. The molecule has 0 heterocycles. The van der Waals surface area contributed by atoms with Gasteiger partial charge in [-0.2, -0.15) is 0 Å². The molecule has 0 radical (unpaired) electrons. The average Bonchev–Trinajstić information content (AvgIpc) is 1.53. The number of carbonyl (C=O) groups is 1. The van der Waals surface area contributed by atoms with Crippen LogP contribution in [0.1, 0.15) is 27.2 Å². The molecule has 0 aromatic carbocycles. The first-order chi connectivity index (χ1) is 4.83. The molecule has 0 fully saturated rings. The van der Waals surface area contributed by atoms with E-state index in [9.17, 15) is 9.90 Å². The van der Waals surface area contributed by atoms with Gasteiger partial charge in [-0.25, -0.2) is 0 Å². The van der Waals surface area contributed by atoms with Gasteiger partial charge in [-0.15, -0.1) is 0 Å². The number of aliphatic carboxylic acids is 1. The summed E-state index contributed by atoms with van der Waals surface area (Å²) in [5.74, 6) is -2.63. The summed E-state index contributed by atoms with van der Waals surface area (Å²) in [6.07, 6.45) is -0.574. The second-order valence-corrected chi connectivity index (χ2v) is 2.91. The summed E-state index contributed by atoms with van der Waals surface area (Å²) >= 11 is 0. The SMILES string of the molecule is CC(C)OC(C)(O)CC(=O)O. The lowest BCUT2D eigenvalue weighted by atomic mass is 10.2. The minimum absolute atomic E-state index is 0.177. The Morgan fingerprint density at radius 2 is 2.09 bits per heavy atom. The van der Waals surface area contributed by atoms with Gasteiger partial charge >= 0.3 is 5.97 Å². The molecule has 0 aliphatic heterocycles. The lowest BCUT2D eigenvalue weighted by molar-refractivity contribution is -0.217. The van der Waals surface area contributed by atoms with Crippen molar-refractivity contribution in [3.8, 4) is 0 Å². The molecule has 0 aromatic rings. The first-order valence-corrected chi connectivity index (χ1v) is 3.45. The zero-order valence-corrected chi connectivity index (χ0v) is 7.00. The van der Waals surface area contributed by atoms with E-state index in [1.54, 1.807) is 13.8 Å². The van der Waals surface area contributed by atoms with Gasteiger partial charge in [0.15, 0.2) is 5.79 Å². The summed E-state index contributed by atoms with van der Waals surface area (Å²) in [5.41, 5.74) is 0. The molecule has 4 nitrogen and oxygen atoms in total. The maximum atomic E-state index is 10.2. The Hall–Kier alpha value is -0.610. The highest BCUT2D eigenvalue weighted by atomic mass is 16.6. The van der Waals surface area contributed by atoms with Crippen LogP contribution < -0.4 is 0 Å². The van der Waals surface area contributed by atoms with Crippen molar-refractivity contribution >= 4 is 5.97 Å². The Labute approximate surface area is 65.8 Å². The lowest BCUT2D eigenvalue weighted by Crippen LogP contribution is -2.33. The van der Waals surface area contributed by atoms with E-state index in [1.807, 2.05) is 0 Å². The third kappa shape index (κ3) is 5.82. The van der Waals surface area contributed by atoms with Crippen LogP contribution in [0.2, 0.25) is 0 Å². The first kappa shape index (κ1) is 10.4. The van der Waals surface area contributed by atoms with Crippen LogP contribution in [-0.2, 0) is 9.53 Å². The molecule has 0 bridgehead atoms. The normalized spacial score (nSPS) is 16.5. The number of carboxylic acids is 1. The monoisotopic (exact) mass is 162 g/mol. The molecule has 2 N–H and O–H groups in total. The quantitative estimate of drug-likeness (QED) is 0.594. The van der Waals surface area contributed by atoms with Crippen LogP contribution in [0.5, 0.6) is 0 Å². The summed E-state index contributed by atoms with van der Waals surface area (Å²) in [7, 11) is 0. The molecular weight excluding hydrogens is 148 g/mol. The van der Waals surface area contributed by atoms with E-state index in [0.29, 0.717) is 0 Å². The Kier molecular flexibility index (Phi) is 3.48. The van der Waals surface area contributed by atoms with Crippen LogP contribution in [0.3, 0.4) is 0 Å². The van der Waals surface area contributed by atoms with E-state index in [1.165, 1.54) is 6.92 Å². The fourth-order valence-corrected chi connectivity index (χ4v) is 0.830. The molecule has 0 aliphatic carbocycles. The van der Waals surface area contributed by atoms with Gasteiger partial charge in [0, 0.05) is 0 Å².